The van der Waals surface area contributed by atoms with Crippen molar-refractivity contribution in [1.82, 2.24) is 10.2 Å². The number of nitrogens with one attached hydrogen (secondary N) is 1. The Morgan fingerprint density at radius 3 is 2.89 bits per heavy atom. The van der Waals surface area contributed by atoms with Crippen LogP contribution in [0.5, 0.6) is 0 Å². The van der Waals surface area contributed by atoms with Gasteiger partial charge in [-0.3, -0.25) is 4.90 Å². The molecule has 4 atom stereocenters. The molecule has 1 saturated carbocycles. The lowest BCUT2D eigenvalue weighted by atomic mass is 9.85. The van der Waals surface area contributed by atoms with Gasteiger partial charge in [0.25, 0.3) is 0 Å². The third kappa shape index (κ3) is 3.14. The van der Waals surface area contributed by atoms with E-state index in [0.717, 1.165) is 24.5 Å². The van der Waals surface area contributed by atoms with Gasteiger partial charge in [-0.05, 0) is 51.5 Å². The third-order valence-electron chi connectivity index (χ3n) is 5.66. The van der Waals surface area contributed by atoms with E-state index in [9.17, 15) is 0 Å². The van der Waals surface area contributed by atoms with E-state index in [2.05, 4.69) is 17.1 Å². The number of fused-ring (bicyclic) bond motifs is 1. The Morgan fingerprint density at radius 1 is 1.26 bits per heavy atom. The van der Waals surface area contributed by atoms with Gasteiger partial charge in [0.15, 0.2) is 0 Å². The predicted octanol–water partition coefficient (Wildman–Crippen LogP) is 2.41. The minimum atomic E-state index is 0.0869. The number of likely N-dealkylation sites (tertiary alicyclic amines) is 1. The Labute approximate surface area is 118 Å². The molecule has 0 amide bonds. The molecule has 110 valence electrons. The summed E-state index contributed by atoms with van der Waals surface area (Å²) in [5, 5.41) is 3.90. The van der Waals surface area contributed by atoms with Crippen molar-refractivity contribution in [1.29, 1.82) is 0 Å². The molecule has 2 heterocycles. The van der Waals surface area contributed by atoms with Crippen LogP contribution in [-0.2, 0) is 4.74 Å². The first-order chi connectivity index (χ1) is 9.18. The summed E-state index contributed by atoms with van der Waals surface area (Å²) in [7, 11) is 1.87. The van der Waals surface area contributed by atoms with Gasteiger partial charge in [-0.25, -0.2) is 0 Å². The van der Waals surface area contributed by atoms with Gasteiger partial charge < -0.3 is 10.1 Å². The lowest BCUT2D eigenvalue weighted by Gasteiger charge is -2.40. The van der Waals surface area contributed by atoms with E-state index >= 15 is 0 Å². The van der Waals surface area contributed by atoms with E-state index in [4.69, 9.17) is 4.74 Å². The van der Waals surface area contributed by atoms with Crippen LogP contribution in [0, 0.1) is 5.92 Å². The van der Waals surface area contributed by atoms with Gasteiger partial charge in [0.2, 0.25) is 0 Å². The van der Waals surface area contributed by atoms with Crippen LogP contribution < -0.4 is 5.32 Å². The maximum Gasteiger partial charge on any atom is 0.0777 e. The molecular formula is C16H30N2O. The Kier molecular flexibility index (Phi) is 4.16. The van der Waals surface area contributed by atoms with Crippen LogP contribution in [-0.4, -0.2) is 49.3 Å². The van der Waals surface area contributed by atoms with Crippen molar-refractivity contribution in [3.8, 4) is 0 Å². The third-order valence-corrected chi connectivity index (χ3v) is 5.66. The Morgan fingerprint density at radius 2 is 2.11 bits per heavy atom. The van der Waals surface area contributed by atoms with Crippen LogP contribution in [0.1, 0.15) is 51.9 Å². The smallest absolute Gasteiger partial charge is 0.0777 e. The number of nitrogens with zero attached hydrogens (tertiary/aromatic N) is 1. The first-order valence-corrected chi connectivity index (χ1v) is 8.22. The van der Waals surface area contributed by atoms with Gasteiger partial charge in [-0.15, -0.1) is 0 Å². The molecule has 3 fully saturated rings. The van der Waals surface area contributed by atoms with Crippen LogP contribution in [0.2, 0.25) is 0 Å². The van der Waals surface area contributed by atoms with Crippen LogP contribution in [0.25, 0.3) is 0 Å². The number of hydrogen-bond acceptors (Lipinski definition) is 3. The Bertz CT molecular complexity index is 295. The zero-order chi connectivity index (χ0) is 13.3. The SMILES string of the molecule is COC1(C)CCCN(CC2CC3CCCCC3N2)C1. The van der Waals surface area contributed by atoms with Crippen molar-refractivity contribution in [3.63, 3.8) is 0 Å². The lowest BCUT2D eigenvalue weighted by molar-refractivity contribution is -0.0520. The fourth-order valence-corrected chi connectivity index (χ4v) is 4.51. The lowest BCUT2D eigenvalue weighted by Crippen LogP contribution is -2.51. The maximum atomic E-state index is 5.71. The molecule has 1 N–H and O–H groups in total. The molecule has 0 spiro atoms. The highest BCUT2D eigenvalue weighted by molar-refractivity contribution is 4.95. The monoisotopic (exact) mass is 266 g/mol. The standard InChI is InChI=1S/C16H30N2O/c1-16(19-2)8-5-9-18(12-16)11-14-10-13-6-3-4-7-15(13)17-14/h13-15,17H,3-12H2,1-2H3. The molecule has 0 radical (unpaired) electrons. The molecule has 3 nitrogen and oxygen atoms in total. The predicted molar refractivity (Wildman–Crippen MR) is 78.4 cm³/mol. The van der Waals surface area contributed by atoms with Crippen molar-refractivity contribution in [2.45, 2.75) is 69.6 Å². The molecule has 3 aliphatic rings. The fourth-order valence-electron chi connectivity index (χ4n) is 4.51. The van der Waals surface area contributed by atoms with Gasteiger partial charge in [-0.2, -0.15) is 0 Å². The highest BCUT2D eigenvalue weighted by Crippen LogP contribution is 2.34. The number of rotatable bonds is 3. The van der Waals surface area contributed by atoms with Gasteiger partial charge in [0, 0.05) is 32.3 Å². The highest BCUT2D eigenvalue weighted by Gasteiger charge is 2.37. The highest BCUT2D eigenvalue weighted by atomic mass is 16.5. The normalized spacial score (nSPS) is 44.2. The summed E-state index contributed by atoms with van der Waals surface area (Å²) < 4.78 is 5.71. The summed E-state index contributed by atoms with van der Waals surface area (Å²) in [4.78, 5) is 2.63. The number of hydrogen-bond donors (Lipinski definition) is 1. The van der Waals surface area contributed by atoms with E-state index in [1.54, 1.807) is 0 Å². The molecule has 0 aromatic heterocycles. The van der Waals surface area contributed by atoms with Crippen molar-refractivity contribution in [3.05, 3.63) is 0 Å². The number of methoxy groups -OCH3 is 1. The van der Waals surface area contributed by atoms with E-state index < -0.39 is 0 Å². The molecular weight excluding hydrogens is 236 g/mol. The van der Waals surface area contributed by atoms with Crippen molar-refractivity contribution in [2.24, 2.45) is 5.92 Å². The van der Waals surface area contributed by atoms with Crippen LogP contribution >= 0.6 is 0 Å². The van der Waals surface area contributed by atoms with Gasteiger partial charge >= 0.3 is 0 Å². The van der Waals surface area contributed by atoms with Crippen LogP contribution in [0.3, 0.4) is 0 Å². The van der Waals surface area contributed by atoms with Gasteiger partial charge in [0.05, 0.1) is 5.60 Å². The van der Waals surface area contributed by atoms with Gasteiger partial charge in [0.1, 0.15) is 0 Å². The van der Waals surface area contributed by atoms with Crippen LogP contribution in [0.15, 0.2) is 0 Å². The second-order valence-electron chi connectivity index (χ2n) is 7.24. The molecule has 3 heteroatoms. The Balaban J connectivity index is 1.51. The molecule has 3 rings (SSSR count). The zero-order valence-corrected chi connectivity index (χ0v) is 12.7. The zero-order valence-electron chi connectivity index (χ0n) is 12.7. The summed E-state index contributed by atoms with van der Waals surface area (Å²) >= 11 is 0. The van der Waals surface area contributed by atoms with E-state index in [0.29, 0.717) is 0 Å². The molecule has 19 heavy (non-hydrogen) atoms. The summed E-state index contributed by atoms with van der Waals surface area (Å²) in [6.45, 7) is 5.86. The largest absolute Gasteiger partial charge is 0.377 e. The molecule has 4 unspecified atom stereocenters. The van der Waals surface area contributed by atoms with Crippen LogP contribution in [0.4, 0.5) is 0 Å². The summed E-state index contributed by atoms with van der Waals surface area (Å²) in [6.07, 6.45) is 9.67. The summed E-state index contributed by atoms with van der Waals surface area (Å²) in [5.41, 5.74) is 0.0869. The molecule has 2 aliphatic heterocycles. The van der Waals surface area contributed by atoms with Crippen molar-refractivity contribution in [2.75, 3.05) is 26.7 Å². The summed E-state index contributed by atoms with van der Waals surface area (Å²) in [6, 6.07) is 1.56. The first-order valence-electron chi connectivity index (χ1n) is 8.22. The molecule has 0 bridgehead atoms. The van der Waals surface area contributed by atoms with Crippen molar-refractivity contribution >= 4 is 0 Å². The Hall–Kier alpha value is -0.120. The fraction of sp³-hybridized carbons (Fsp3) is 1.00. The maximum absolute atomic E-state index is 5.71. The topological polar surface area (TPSA) is 24.5 Å². The average Bonchev–Trinajstić information content (AvgIpc) is 2.81. The van der Waals surface area contributed by atoms with E-state index in [1.807, 2.05) is 7.11 Å². The minimum absolute atomic E-state index is 0.0869. The molecule has 0 aromatic rings. The number of piperidine rings is 1. The van der Waals surface area contributed by atoms with E-state index in [-0.39, 0.29) is 5.60 Å². The van der Waals surface area contributed by atoms with Crippen molar-refractivity contribution < 1.29 is 4.74 Å². The molecule has 1 aliphatic carbocycles. The second-order valence-corrected chi connectivity index (χ2v) is 7.24. The molecule has 0 aromatic carbocycles. The number of ether oxygens (including phenoxy) is 1. The minimum Gasteiger partial charge on any atom is -0.377 e. The van der Waals surface area contributed by atoms with Gasteiger partial charge in [-0.1, -0.05) is 12.8 Å². The molecule has 2 saturated heterocycles. The summed E-state index contributed by atoms with van der Waals surface area (Å²) in [5.74, 6) is 0.970. The second kappa shape index (κ2) is 5.71. The quantitative estimate of drug-likeness (QED) is 0.849. The van der Waals surface area contributed by atoms with E-state index in [1.165, 1.54) is 58.0 Å². The average molecular weight is 266 g/mol. The first kappa shape index (κ1) is 13.8.